The van der Waals surface area contributed by atoms with E-state index in [2.05, 4.69) is 21.2 Å². The highest BCUT2D eigenvalue weighted by atomic mass is 79.9. The maximum Gasteiger partial charge on any atom is 0.265 e. The molecule has 0 saturated heterocycles. The number of rotatable bonds is 6. The lowest BCUT2D eigenvalue weighted by atomic mass is 10.3. The lowest BCUT2D eigenvalue weighted by Gasteiger charge is -2.17. The normalized spacial score (nSPS) is 12.8. The van der Waals surface area contributed by atoms with Gasteiger partial charge in [0, 0.05) is 21.7 Å². The Balaban J connectivity index is 3.11. The van der Waals surface area contributed by atoms with Crippen molar-refractivity contribution in [1.82, 2.24) is 5.32 Å². The molecule has 1 atom stereocenters. The number of nitrogens with one attached hydrogen (secondary N) is 1. The molecule has 0 spiro atoms. The number of amides is 1. The Bertz CT molecular complexity index is 636. The Morgan fingerprint density at radius 1 is 1.48 bits per heavy atom. The van der Waals surface area contributed by atoms with E-state index in [1.807, 2.05) is 6.92 Å². The molecule has 1 rings (SSSR count). The molecule has 0 radical (unpaired) electrons. The van der Waals surface area contributed by atoms with Crippen LogP contribution in [0.25, 0.3) is 0 Å². The summed E-state index contributed by atoms with van der Waals surface area (Å²) in [5.74, 6) is -0.511. The molecule has 0 aliphatic carbocycles. The minimum Gasteiger partial charge on any atom is -0.478 e. The van der Waals surface area contributed by atoms with E-state index < -0.39 is 15.2 Å². The highest BCUT2D eigenvalue weighted by Crippen LogP contribution is 2.37. The molecule has 1 amide bonds. The van der Waals surface area contributed by atoms with Crippen LogP contribution in [0.2, 0.25) is 5.02 Å². The van der Waals surface area contributed by atoms with Crippen molar-refractivity contribution in [2.24, 2.45) is 0 Å². The van der Waals surface area contributed by atoms with Gasteiger partial charge in [-0.05, 0) is 25.5 Å². The Kier molecular flexibility index (Phi) is 6.77. The molecule has 5 nitrogen and oxygen atoms in total. The summed E-state index contributed by atoms with van der Waals surface area (Å²) in [6.45, 7) is 3.91. The molecule has 0 bridgehead atoms. The van der Waals surface area contributed by atoms with Gasteiger partial charge in [0.2, 0.25) is 0 Å². The van der Waals surface area contributed by atoms with E-state index in [9.17, 15) is 13.2 Å². The monoisotopic (exact) mass is 417 g/mol. The number of benzene rings is 1. The molecule has 0 saturated carbocycles. The molecule has 9 heteroatoms. The van der Waals surface area contributed by atoms with E-state index in [1.54, 1.807) is 0 Å². The quantitative estimate of drug-likeness (QED) is 0.719. The fourth-order valence-corrected chi connectivity index (χ4v) is 3.51. The van der Waals surface area contributed by atoms with Crippen molar-refractivity contribution in [1.29, 1.82) is 0 Å². The predicted molar refractivity (Wildman–Crippen MR) is 85.6 cm³/mol. The molecule has 0 fully saturated rings. The van der Waals surface area contributed by atoms with Gasteiger partial charge < -0.3 is 10.1 Å². The van der Waals surface area contributed by atoms with Crippen LogP contribution < -0.4 is 10.1 Å². The topological polar surface area (TPSA) is 72.5 Å². The zero-order chi connectivity index (χ0) is 16.2. The number of hydrogen-bond donors (Lipinski definition) is 1. The maximum atomic E-state index is 11.8. The van der Waals surface area contributed by atoms with Gasteiger partial charge in [-0.15, -0.1) is 0 Å². The van der Waals surface area contributed by atoms with Crippen molar-refractivity contribution in [2.45, 2.75) is 31.3 Å². The zero-order valence-corrected chi connectivity index (χ0v) is 15.2. The van der Waals surface area contributed by atoms with Gasteiger partial charge in [-0.25, -0.2) is 8.42 Å². The van der Waals surface area contributed by atoms with Crippen molar-refractivity contribution in [2.75, 3.05) is 6.54 Å². The lowest BCUT2D eigenvalue weighted by molar-refractivity contribution is -0.127. The standard InChI is InChI=1S/C12H14BrCl2NO4S/c1-3-4-16-12(17)7(2)20-11-9(14)5-8(13)6-10(11)21(15,18)19/h5-7H,3-4H2,1-2H3,(H,16,17). The van der Waals surface area contributed by atoms with Gasteiger partial charge in [-0.2, -0.15) is 0 Å². The summed E-state index contributed by atoms with van der Waals surface area (Å²) in [5.41, 5.74) is 0. The van der Waals surface area contributed by atoms with Gasteiger partial charge in [-0.3, -0.25) is 4.79 Å². The SMILES string of the molecule is CCCNC(=O)C(C)Oc1c(Cl)cc(Br)cc1S(=O)(=O)Cl. The largest absolute Gasteiger partial charge is 0.478 e. The minimum absolute atomic E-state index is 0.0405. The summed E-state index contributed by atoms with van der Waals surface area (Å²) in [5, 5.41) is 2.68. The van der Waals surface area contributed by atoms with Crippen LogP contribution in [0.15, 0.2) is 21.5 Å². The molecule has 0 heterocycles. The number of carbonyl (C=O) groups excluding carboxylic acids is 1. The van der Waals surface area contributed by atoms with Gasteiger partial charge in [0.1, 0.15) is 4.90 Å². The van der Waals surface area contributed by atoms with Crippen molar-refractivity contribution in [3.8, 4) is 5.75 Å². The lowest BCUT2D eigenvalue weighted by Crippen LogP contribution is -2.36. The molecular formula is C12H14BrCl2NO4S. The van der Waals surface area contributed by atoms with Gasteiger partial charge >= 0.3 is 0 Å². The molecular weight excluding hydrogens is 405 g/mol. The third-order valence-corrected chi connectivity index (χ3v) is 4.52. The number of hydrogen-bond acceptors (Lipinski definition) is 4. The van der Waals surface area contributed by atoms with Crippen LogP contribution in [0.5, 0.6) is 5.75 Å². The van der Waals surface area contributed by atoms with E-state index in [-0.39, 0.29) is 21.6 Å². The van der Waals surface area contributed by atoms with Crippen LogP contribution in [0.1, 0.15) is 20.3 Å². The van der Waals surface area contributed by atoms with Crippen LogP contribution in [-0.2, 0) is 13.8 Å². The summed E-state index contributed by atoms with van der Waals surface area (Å²) < 4.78 is 29.0. The highest BCUT2D eigenvalue weighted by Gasteiger charge is 2.24. The van der Waals surface area contributed by atoms with E-state index in [4.69, 9.17) is 27.0 Å². The van der Waals surface area contributed by atoms with E-state index >= 15 is 0 Å². The molecule has 1 aromatic carbocycles. The van der Waals surface area contributed by atoms with Crippen LogP contribution >= 0.6 is 38.2 Å². The first-order chi connectivity index (χ1) is 9.66. The molecule has 1 N–H and O–H groups in total. The number of ether oxygens (including phenoxy) is 1. The maximum absolute atomic E-state index is 11.8. The summed E-state index contributed by atoms with van der Waals surface area (Å²) in [6.07, 6.45) is -0.133. The van der Waals surface area contributed by atoms with Gasteiger partial charge in [0.25, 0.3) is 15.0 Å². The zero-order valence-electron chi connectivity index (χ0n) is 11.3. The summed E-state index contributed by atoms with van der Waals surface area (Å²) >= 11 is 9.11. The average molecular weight is 419 g/mol. The van der Waals surface area contributed by atoms with Crippen molar-refractivity contribution in [3.63, 3.8) is 0 Å². The Labute approximate surface area is 141 Å². The summed E-state index contributed by atoms with van der Waals surface area (Å²) in [4.78, 5) is 11.5. The first kappa shape index (κ1) is 18.5. The molecule has 0 aliphatic rings. The van der Waals surface area contributed by atoms with E-state index in [0.717, 1.165) is 6.42 Å². The third kappa shape index (κ3) is 5.32. The molecule has 1 aromatic rings. The van der Waals surface area contributed by atoms with Gasteiger partial charge in [0.05, 0.1) is 5.02 Å². The molecule has 0 aliphatic heterocycles. The second-order valence-electron chi connectivity index (χ2n) is 4.20. The fourth-order valence-electron chi connectivity index (χ4n) is 1.45. The molecule has 0 aromatic heterocycles. The smallest absolute Gasteiger partial charge is 0.265 e. The Morgan fingerprint density at radius 3 is 2.62 bits per heavy atom. The van der Waals surface area contributed by atoms with E-state index in [0.29, 0.717) is 11.0 Å². The second kappa shape index (κ2) is 7.67. The summed E-state index contributed by atoms with van der Waals surface area (Å²) in [6, 6.07) is 2.72. The van der Waals surface area contributed by atoms with Crippen LogP contribution in [-0.4, -0.2) is 27.0 Å². The van der Waals surface area contributed by atoms with Crippen molar-refractivity contribution < 1.29 is 17.9 Å². The number of halogens is 3. The predicted octanol–water partition coefficient (Wildman–Crippen LogP) is 3.32. The van der Waals surface area contributed by atoms with E-state index in [1.165, 1.54) is 19.1 Å². The highest BCUT2D eigenvalue weighted by molar-refractivity contribution is 9.10. The first-order valence-corrected chi connectivity index (χ1v) is 9.53. The van der Waals surface area contributed by atoms with Crippen LogP contribution in [0.4, 0.5) is 0 Å². The summed E-state index contributed by atoms with van der Waals surface area (Å²) in [7, 11) is 1.30. The molecule has 118 valence electrons. The fraction of sp³-hybridized carbons (Fsp3) is 0.417. The van der Waals surface area contributed by atoms with Crippen molar-refractivity contribution in [3.05, 3.63) is 21.6 Å². The third-order valence-electron chi connectivity index (χ3n) is 2.45. The van der Waals surface area contributed by atoms with Gasteiger partial charge in [-0.1, -0.05) is 34.5 Å². The molecule has 1 unspecified atom stereocenters. The second-order valence-corrected chi connectivity index (χ2v) is 8.06. The first-order valence-electron chi connectivity index (χ1n) is 6.05. The van der Waals surface area contributed by atoms with Gasteiger partial charge in [0.15, 0.2) is 11.9 Å². The number of carbonyl (C=O) groups is 1. The molecule has 21 heavy (non-hydrogen) atoms. The Hall–Kier alpha value is -0.500. The van der Waals surface area contributed by atoms with Crippen LogP contribution in [0.3, 0.4) is 0 Å². The average Bonchev–Trinajstić information content (AvgIpc) is 2.37. The van der Waals surface area contributed by atoms with Crippen molar-refractivity contribution >= 4 is 53.2 Å². The minimum atomic E-state index is -4.07. The Morgan fingerprint density at radius 2 is 2.10 bits per heavy atom. The van der Waals surface area contributed by atoms with Crippen LogP contribution in [0, 0.1) is 0 Å².